The van der Waals surface area contributed by atoms with Crippen LogP contribution in [0.25, 0.3) is 21.8 Å². The van der Waals surface area contributed by atoms with Crippen LogP contribution in [0.15, 0.2) is 91.8 Å². The maximum Gasteiger partial charge on any atom is 0.305 e. The molecule has 11 amide bonds. The highest BCUT2D eigenvalue weighted by Gasteiger charge is 2.49. The van der Waals surface area contributed by atoms with Crippen LogP contribution in [-0.4, -0.2) is 188 Å². The molecule has 4 aromatic heterocycles. The number of hydrogen-bond acceptors (Lipinski definition) is 16. The molecule has 2 aliphatic heterocycles. The molecule has 0 spiro atoms. The van der Waals surface area contributed by atoms with E-state index in [2.05, 4.69) is 78.1 Å². The van der Waals surface area contributed by atoms with Crippen LogP contribution in [0, 0.1) is 11.6 Å². The van der Waals surface area contributed by atoms with Gasteiger partial charge in [-0.25, -0.2) is 13.8 Å². The second kappa shape index (κ2) is 32.6. The zero-order valence-electron chi connectivity index (χ0n) is 54.7. The molecule has 9 atom stereocenters. The number of nitrogens with two attached hydrogens (primary N) is 1. The zero-order valence-corrected chi connectivity index (χ0v) is 54.7. The van der Waals surface area contributed by atoms with E-state index >= 15 is 9.59 Å². The number of hydrogen-bond donors (Lipinski definition) is 15. The number of aliphatic carboxylic acids is 1. The zero-order chi connectivity index (χ0) is 71.9. The molecule has 9 rings (SSSR count). The highest BCUT2D eigenvalue weighted by Crippen LogP contribution is 2.31. The Morgan fingerprint density at radius 3 is 1.88 bits per heavy atom. The SMILES string of the molecule is CC(=O)N[C@H]1CCCc2cn(nn2)CCC[C@@H](C(N)=O)NC(=O)[C@]2(C)CCCN2C(=O)[C@H](Cc2ccc(O)cc2)NC(=O)[C@H](Cc2cnc[nH]2)NC(=O)[C@H](CC(=O)O)NC(=O)[C@H](Cc2c[nH]c3ccc(F)cc23)NC(=O)[C@H](Cc2c[nH]c3ccc(F)cc23)NC(=O)CNC(=O)[C@H](C)NC1=O. The highest BCUT2D eigenvalue weighted by atomic mass is 19.1. The summed E-state index contributed by atoms with van der Waals surface area (Å²) < 4.78 is 31.2. The lowest BCUT2D eigenvalue weighted by Crippen LogP contribution is -2.63. The Morgan fingerprint density at radius 2 is 1.28 bits per heavy atom. The van der Waals surface area contributed by atoms with Gasteiger partial charge < -0.3 is 83.6 Å². The summed E-state index contributed by atoms with van der Waals surface area (Å²) in [4.78, 5) is 183. The van der Waals surface area contributed by atoms with E-state index in [1.54, 1.807) is 6.20 Å². The van der Waals surface area contributed by atoms with Crippen molar-refractivity contribution in [1.29, 1.82) is 0 Å². The van der Waals surface area contributed by atoms with Crippen molar-refractivity contribution in [3.63, 3.8) is 0 Å². The molecule has 0 radical (unpaired) electrons. The van der Waals surface area contributed by atoms with Gasteiger partial charge in [0.1, 0.15) is 71.3 Å². The molecule has 2 aliphatic rings. The lowest BCUT2D eigenvalue weighted by molar-refractivity contribution is -0.147. The molecule has 100 heavy (non-hydrogen) atoms. The Kier molecular flexibility index (Phi) is 23.7. The Morgan fingerprint density at radius 1 is 0.680 bits per heavy atom. The molecular formula is C66H78F2N18O14. The lowest BCUT2D eigenvalue weighted by atomic mass is 9.95. The van der Waals surface area contributed by atoms with E-state index in [1.807, 2.05) is 0 Å². The van der Waals surface area contributed by atoms with Gasteiger partial charge in [-0.1, -0.05) is 17.3 Å². The van der Waals surface area contributed by atoms with Gasteiger partial charge in [0.05, 0.1) is 25.0 Å². The molecule has 7 aromatic rings. The fourth-order valence-corrected chi connectivity index (χ4v) is 12.2. The van der Waals surface area contributed by atoms with Crippen molar-refractivity contribution in [3.05, 3.63) is 131 Å². The first-order valence-electron chi connectivity index (χ1n) is 32.3. The van der Waals surface area contributed by atoms with Gasteiger partial charge in [-0.15, -0.1) is 5.10 Å². The second-order valence-corrected chi connectivity index (χ2v) is 25.0. The van der Waals surface area contributed by atoms with Crippen molar-refractivity contribution in [2.45, 2.75) is 158 Å². The number of nitrogens with one attached hydrogen (secondary N) is 12. The molecule has 0 saturated carbocycles. The van der Waals surface area contributed by atoms with Crippen LogP contribution >= 0.6 is 0 Å². The summed E-state index contributed by atoms with van der Waals surface area (Å²) in [6, 6.07) is 0.654. The number of aryl methyl sites for hydroxylation is 2. The molecule has 32 nitrogen and oxygen atoms in total. The van der Waals surface area contributed by atoms with Gasteiger partial charge in [-0.3, -0.25) is 62.2 Å². The minimum atomic E-state index is -2.07. The summed E-state index contributed by atoms with van der Waals surface area (Å²) in [6.45, 7) is 3.38. The van der Waals surface area contributed by atoms with Crippen molar-refractivity contribution in [2.75, 3.05) is 13.1 Å². The molecule has 16 N–H and O–H groups in total. The number of rotatable bonds is 12. The van der Waals surface area contributed by atoms with Crippen molar-refractivity contribution in [2.24, 2.45) is 5.73 Å². The Balaban J connectivity index is 1.06. The number of carboxylic acids is 1. The Hall–Kier alpha value is -11.6. The van der Waals surface area contributed by atoms with Crippen molar-refractivity contribution >= 4 is 92.8 Å². The van der Waals surface area contributed by atoms with E-state index in [-0.39, 0.29) is 97.8 Å². The van der Waals surface area contributed by atoms with E-state index in [1.165, 1.54) is 110 Å². The van der Waals surface area contributed by atoms with Gasteiger partial charge in [-0.05, 0) is 124 Å². The number of primary amides is 1. The Labute approximate surface area is 569 Å². The molecule has 1 fully saturated rings. The minimum Gasteiger partial charge on any atom is -0.508 e. The molecule has 34 heteroatoms. The predicted molar refractivity (Wildman–Crippen MR) is 351 cm³/mol. The topological polar surface area (TPSA) is 474 Å². The van der Waals surface area contributed by atoms with E-state index in [9.17, 15) is 66.9 Å². The number of aromatic hydroxyl groups is 1. The monoisotopic (exact) mass is 1380 g/mol. The van der Waals surface area contributed by atoms with Crippen molar-refractivity contribution in [3.8, 4) is 5.75 Å². The average molecular weight is 1390 g/mol. The quantitative estimate of drug-likeness (QED) is 0.0727. The number of carbonyl (C=O) groups excluding carboxylic acids is 11. The smallest absolute Gasteiger partial charge is 0.305 e. The molecule has 0 aliphatic carbocycles. The van der Waals surface area contributed by atoms with Crippen LogP contribution < -0.4 is 53.6 Å². The number of phenols is 1. The minimum absolute atomic E-state index is 0.0104. The number of nitrogens with zero attached hydrogens (tertiary/aromatic N) is 5. The maximum atomic E-state index is 15.2. The molecule has 2 bridgehead atoms. The number of halogens is 2. The fourth-order valence-electron chi connectivity index (χ4n) is 12.2. The molecule has 530 valence electrons. The summed E-state index contributed by atoms with van der Waals surface area (Å²) in [5.41, 5.74) is 6.68. The molecule has 1 saturated heterocycles. The van der Waals surface area contributed by atoms with E-state index in [0.717, 1.165) is 6.07 Å². The number of benzene rings is 3. The third-order valence-electron chi connectivity index (χ3n) is 17.5. The molecule has 6 heterocycles. The predicted octanol–water partition coefficient (Wildman–Crippen LogP) is -0.590. The number of H-pyrrole nitrogens is 3. The first-order chi connectivity index (χ1) is 47.7. The van der Waals surface area contributed by atoms with E-state index < -0.39 is 169 Å². The van der Waals surface area contributed by atoms with Crippen LogP contribution in [0.1, 0.15) is 93.8 Å². The van der Waals surface area contributed by atoms with Crippen LogP contribution in [0.4, 0.5) is 8.78 Å². The second-order valence-electron chi connectivity index (χ2n) is 25.0. The number of amides is 11. The van der Waals surface area contributed by atoms with Crippen LogP contribution in [-0.2, 0) is 96.2 Å². The van der Waals surface area contributed by atoms with Gasteiger partial charge in [0.2, 0.25) is 65.0 Å². The molecule has 0 unspecified atom stereocenters. The van der Waals surface area contributed by atoms with Gasteiger partial charge in [0.25, 0.3) is 0 Å². The van der Waals surface area contributed by atoms with Gasteiger partial charge in [0.15, 0.2) is 0 Å². The lowest BCUT2D eigenvalue weighted by Gasteiger charge is -2.37. The number of phenolic OH excluding ortho intramolecular Hbond substituents is 1. The van der Waals surface area contributed by atoms with E-state index in [0.29, 0.717) is 22.3 Å². The van der Waals surface area contributed by atoms with Crippen LogP contribution in [0.5, 0.6) is 5.75 Å². The van der Waals surface area contributed by atoms with Gasteiger partial charge >= 0.3 is 5.97 Å². The maximum absolute atomic E-state index is 15.2. The first kappa shape index (κ1) is 72.7. The summed E-state index contributed by atoms with van der Waals surface area (Å²) in [5, 5.41) is 52.4. The average Bonchev–Trinajstić information content (AvgIpc) is 1.60. The summed E-state index contributed by atoms with van der Waals surface area (Å²) in [6.07, 6.45) is 5.61. The number of carboxylic acid groups (broad SMARTS) is 1. The highest BCUT2D eigenvalue weighted by molar-refractivity contribution is 6.01. The first-order valence-corrected chi connectivity index (χ1v) is 32.3. The van der Waals surface area contributed by atoms with Crippen molar-refractivity contribution in [1.82, 2.24) is 87.7 Å². The number of aromatic nitrogens is 7. The molecular weight excluding hydrogens is 1310 g/mol. The third kappa shape index (κ3) is 18.9. The van der Waals surface area contributed by atoms with E-state index in [4.69, 9.17) is 5.73 Å². The number of carbonyl (C=O) groups is 12. The van der Waals surface area contributed by atoms with Crippen molar-refractivity contribution < 1.29 is 76.5 Å². The summed E-state index contributed by atoms with van der Waals surface area (Å²) in [7, 11) is 0. The van der Waals surface area contributed by atoms with Crippen LogP contribution in [0.2, 0.25) is 0 Å². The fraction of sp³-hybridized carbons (Fsp3) is 0.409. The van der Waals surface area contributed by atoms with Gasteiger partial charge in [-0.2, -0.15) is 0 Å². The normalized spacial score (nSPS) is 23.5. The Bertz CT molecular complexity index is 4200. The summed E-state index contributed by atoms with van der Waals surface area (Å²) in [5.74, 6) is -13.3. The van der Waals surface area contributed by atoms with Crippen LogP contribution in [0.3, 0.4) is 0 Å². The number of aromatic amines is 3. The number of imidazole rings is 1. The third-order valence-corrected chi connectivity index (χ3v) is 17.5. The standard InChI is InChI=1S/C66H78F2N18O14/c1-34-58(93)73-31-55(89)77-50(22-37-28-71-46-16-12-39(67)24-44(37)46)60(95)78-51(23-38-29-72-47-17-13-40(68)25-45(38)47)61(96)80-53(27-56(90)91)63(98)79-52(26-42-30-70-33-74-42)62(97)81-54(21-36-10-14-43(88)15-11-36)64(99)86-20-6-18-66(86,3)65(100)82-48(57(69)92)9-5-19-85-32-41(83-84-85)7-4-8-49(59(94)75-34)76-35(2)87/h10-17,24-25,28-30,32-34,48-54,71-72,88H,4-9,18-23,26-27,31H2,1-3H3,(H2,69,92)(H,70,74)(H,73,93)(H,75,94)(H,76,87)(H,77,89)(H,78,95)(H,79,98)(H,80,96)(H,81,97)(H,82,100)(H,90,91)/t34-,48-,49-,50-,51-,52-,53-,54-,66-/m0/s1. The molecule has 3 aromatic carbocycles. The summed E-state index contributed by atoms with van der Waals surface area (Å²) >= 11 is 0. The van der Waals surface area contributed by atoms with Gasteiger partial charge in [0, 0.05) is 98.0 Å². The largest absolute Gasteiger partial charge is 0.508 e. The number of fused-ring (bicyclic) bond motifs is 5.